The molecule has 1 amide bonds. The van der Waals surface area contributed by atoms with E-state index >= 15 is 0 Å². The summed E-state index contributed by atoms with van der Waals surface area (Å²) >= 11 is 0. The quantitative estimate of drug-likeness (QED) is 0.656. The van der Waals surface area contributed by atoms with Gasteiger partial charge < -0.3 is 10.1 Å². The third kappa shape index (κ3) is 4.54. The minimum Gasteiger partial charge on any atom is -0.484 e. The van der Waals surface area contributed by atoms with Gasteiger partial charge in [0.2, 0.25) is 0 Å². The van der Waals surface area contributed by atoms with E-state index in [9.17, 15) is 14.9 Å². The number of nitro groups is 1. The summed E-state index contributed by atoms with van der Waals surface area (Å²) in [5.74, 6) is 0.174. The van der Waals surface area contributed by atoms with Gasteiger partial charge in [0.25, 0.3) is 11.6 Å². The van der Waals surface area contributed by atoms with E-state index < -0.39 is 4.92 Å². The van der Waals surface area contributed by atoms with Gasteiger partial charge in [-0.1, -0.05) is 30.3 Å². The second kappa shape index (κ2) is 7.40. The Morgan fingerprint density at radius 2 is 1.96 bits per heavy atom. The third-order valence-corrected chi connectivity index (χ3v) is 3.41. The molecule has 6 heteroatoms. The molecule has 0 aliphatic rings. The Labute approximate surface area is 134 Å². The van der Waals surface area contributed by atoms with E-state index in [1.54, 1.807) is 13.0 Å². The zero-order valence-corrected chi connectivity index (χ0v) is 13.0. The number of nitrogens with one attached hydrogen (secondary N) is 1. The molecule has 1 atom stereocenters. The van der Waals surface area contributed by atoms with Crippen LogP contribution >= 0.6 is 0 Å². The number of nitro benzene ring substituents is 1. The van der Waals surface area contributed by atoms with Crippen molar-refractivity contribution in [3.05, 3.63) is 69.8 Å². The zero-order chi connectivity index (χ0) is 16.8. The molecule has 0 radical (unpaired) electrons. The molecule has 0 fully saturated rings. The maximum Gasteiger partial charge on any atom is 0.272 e. The highest BCUT2D eigenvalue weighted by Crippen LogP contribution is 2.23. The second-order valence-electron chi connectivity index (χ2n) is 5.19. The fourth-order valence-electron chi connectivity index (χ4n) is 2.18. The first-order chi connectivity index (χ1) is 11.0. The molecule has 6 nitrogen and oxygen atoms in total. The van der Waals surface area contributed by atoms with E-state index in [2.05, 4.69) is 5.32 Å². The summed E-state index contributed by atoms with van der Waals surface area (Å²) in [6.07, 6.45) is 0. The van der Waals surface area contributed by atoms with Gasteiger partial charge in [-0.05, 0) is 31.5 Å². The molecule has 2 rings (SSSR count). The summed E-state index contributed by atoms with van der Waals surface area (Å²) in [6, 6.07) is 13.9. The first-order valence-electron chi connectivity index (χ1n) is 7.19. The van der Waals surface area contributed by atoms with Gasteiger partial charge in [0, 0.05) is 11.6 Å². The highest BCUT2D eigenvalue weighted by Gasteiger charge is 2.13. The number of aryl methyl sites for hydroxylation is 1. The fraction of sp³-hybridized carbons (Fsp3) is 0.235. The zero-order valence-electron chi connectivity index (χ0n) is 13.0. The maximum absolute atomic E-state index is 11.9. The minimum atomic E-state index is -0.451. The van der Waals surface area contributed by atoms with Crippen molar-refractivity contribution in [1.82, 2.24) is 5.32 Å². The highest BCUT2D eigenvalue weighted by molar-refractivity contribution is 5.78. The van der Waals surface area contributed by atoms with Crippen molar-refractivity contribution in [2.75, 3.05) is 6.61 Å². The largest absolute Gasteiger partial charge is 0.484 e. The van der Waals surface area contributed by atoms with Gasteiger partial charge in [-0.15, -0.1) is 0 Å². The molecule has 0 spiro atoms. The van der Waals surface area contributed by atoms with Crippen molar-refractivity contribution >= 4 is 11.6 Å². The summed E-state index contributed by atoms with van der Waals surface area (Å²) in [4.78, 5) is 22.2. The van der Waals surface area contributed by atoms with Gasteiger partial charge in [-0.2, -0.15) is 0 Å². The summed E-state index contributed by atoms with van der Waals surface area (Å²) < 4.78 is 5.39. The Morgan fingerprint density at radius 3 is 2.57 bits per heavy atom. The van der Waals surface area contributed by atoms with Crippen LogP contribution in [0.2, 0.25) is 0 Å². The molecule has 0 bridgehead atoms. The van der Waals surface area contributed by atoms with Crippen molar-refractivity contribution in [2.24, 2.45) is 0 Å². The first-order valence-corrected chi connectivity index (χ1v) is 7.19. The number of carbonyl (C=O) groups excluding carboxylic acids is 1. The van der Waals surface area contributed by atoms with Crippen LogP contribution in [0.5, 0.6) is 5.75 Å². The Bertz CT molecular complexity index is 701. The van der Waals surface area contributed by atoms with E-state index in [1.807, 2.05) is 37.3 Å². The van der Waals surface area contributed by atoms with Crippen LogP contribution in [-0.4, -0.2) is 17.4 Å². The molecule has 23 heavy (non-hydrogen) atoms. The van der Waals surface area contributed by atoms with Crippen molar-refractivity contribution in [3.63, 3.8) is 0 Å². The predicted molar refractivity (Wildman–Crippen MR) is 86.3 cm³/mol. The minimum absolute atomic E-state index is 0.0273. The maximum atomic E-state index is 11.9. The number of nitrogens with zero attached hydrogens (tertiary/aromatic N) is 1. The van der Waals surface area contributed by atoms with Crippen LogP contribution in [0.1, 0.15) is 24.1 Å². The molecule has 0 unspecified atom stereocenters. The Kier molecular flexibility index (Phi) is 5.30. The molecule has 2 aromatic carbocycles. The van der Waals surface area contributed by atoms with Crippen LogP contribution in [0.3, 0.4) is 0 Å². The monoisotopic (exact) mass is 314 g/mol. The molecule has 0 saturated carbocycles. The summed E-state index contributed by atoms with van der Waals surface area (Å²) in [7, 11) is 0. The average molecular weight is 314 g/mol. The fourth-order valence-corrected chi connectivity index (χ4v) is 2.18. The van der Waals surface area contributed by atoms with Crippen LogP contribution in [0.15, 0.2) is 48.5 Å². The Morgan fingerprint density at radius 1 is 1.26 bits per heavy atom. The molecule has 120 valence electrons. The number of rotatable bonds is 6. The van der Waals surface area contributed by atoms with E-state index in [-0.39, 0.29) is 24.2 Å². The molecule has 0 aromatic heterocycles. The molecular formula is C17H18N2O4. The molecule has 0 saturated heterocycles. The number of hydrogen-bond acceptors (Lipinski definition) is 4. The van der Waals surface area contributed by atoms with E-state index in [0.29, 0.717) is 11.3 Å². The summed E-state index contributed by atoms with van der Waals surface area (Å²) in [6.45, 7) is 3.38. The number of hydrogen-bond donors (Lipinski definition) is 1. The van der Waals surface area contributed by atoms with E-state index in [4.69, 9.17) is 4.74 Å². The van der Waals surface area contributed by atoms with Crippen LogP contribution in [0.25, 0.3) is 0 Å². The smallest absolute Gasteiger partial charge is 0.272 e. The standard InChI is InChI=1S/C17H18N2O4/c1-12-10-15(8-9-16(12)19(21)22)23-11-17(20)18-13(2)14-6-4-3-5-7-14/h3-10,13H,11H2,1-2H3,(H,18,20)/t13-/m0/s1. The molecular weight excluding hydrogens is 296 g/mol. The average Bonchev–Trinajstić information content (AvgIpc) is 2.53. The number of amides is 1. The number of ether oxygens (including phenoxy) is 1. The molecule has 0 aliphatic carbocycles. The van der Waals surface area contributed by atoms with Gasteiger partial charge in [0.1, 0.15) is 5.75 Å². The van der Waals surface area contributed by atoms with Crippen molar-refractivity contribution in [3.8, 4) is 5.75 Å². The van der Waals surface area contributed by atoms with Crippen molar-refractivity contribution < 1.29 is 14.5 Å². The lowest BCUT2D eigenvalue weighted by atomic mass is 10.1. The topological polar surface area (TPSA) is 81.5 Å². The molecule has 0 heterocycles. The van der Waals surface area contributed by atoms with E-state index in [1.165, 1.54) is 12.1 Å². The Hall–Kier alpha value is -2.89. The van der Waals surface area contributed by atoms with Crippen LogP contribution in [-0.2, 0) is 4.79 Å². The lowest BCUT2D eigenvalue weighted by Crippen LogP contribution is -2.31. The van der Waals surface area contributed by atoms with Crippen molar-refractivity contribution in [1.29, 1.82) is 0 Å². The normalized spacial score (nSPS) is 11.6. The lowest BCUT2D eigenvalue weighted by molar-refractivity contribution is -0.385. The molecule has 1 N–H and O–H groups in total. The van der Waals surface area contributed by atoms with Crippen LogP contribution in [0, 0.1) is 17.0 Å². The SMILES string of the molecule is Cc1cc(OCC(=O)N[C@@H](C)c2ccccc2)ccc1[N+](=O)[O-]. The third-order valence-electron chi connectivity index (χ3n) is 3.41. The molecule has 2 aromatic rings. The van der Waals surface area contributed by atoms with Gasteiger partial charge in [0.15, 0.2) is 6.61 Å². The van der Waals surface area contributed by atoms with Crippen molar-refractivity contribution in [2.45, 2.75) is 19.9 Å². The number of benzene rings is 2. The van der Waals surface area contributed by atoms with Gasteiger partial charge in [-0.25, -0.2) is 0 Å². The number of carbonyl (C=O) groups is 1. The van der Waals surface area contributed by atoms with E-state index in [0.717, 1.165) is 5.56 Å². The van der Waals surface area contributed by atoms with Gasteiger partial charge in [-0.3, -0.25) is 14.9 Å². The summed E-state index contributed by atoms with van der Waals surface area (Å²) in [5.41, 5.74) is 1.53. The van der Waals surface area contributed by atoms with Gasteiger partial charge in [0.05, 0.1) is 11.0 Å². The predicted octanol–water partition coefficient (Wildman–Crippen LogP) is 3.16. The summed E-state index contributed by atoms with van der Waals surface area (Å²) in [5, 5.41) is 13.6. The molecule has 0 aliphatic heterocycles. The highest BCUT2D eigenvalue weighted by atomic mass is 16.6. The lowest BCUT2D eigenvalue weighted by Gasteiger charge is -2.14. The first kappa shape index (κ1) is 16.5. The Balaban J connectivity index is 1.89. The second-order valence-corrected chi connectivity index (χ2v) is 5.19. The van der Waals surface area contributed by atoms with Crippen LogP contribution in [0.4, 0.5) is 5.69 Å². The van der Waals surface area contributed by atoms with Crippen LogP contribution < -0.4 is 10.1 Å². The van der Waals surface area contributed by atoms with Gasteiger partial charge >= 0.3 is 0 Å².